The summed E-state index contributed by atoms with van der Waals surface area (Å²) in [6, 6.07) is 8.65. The standard InChI is InChI=1S/C22H34N2O2/c1-17-14-24(15-18(2)26-17)16-21-9-7-20(8-10-21)13-23-22(25)12-11-19-5-3-4-6-19/h7-10,17-19H,3-6,11-16H2,1-2H3,(H,23,25). The van der Waals surface area contributed by atoms with E-state index in [2.05, 4.69) is 48.3 Å². The minimum atomic E-state index is 0.192. The van der Waals surface area contributed by atoms with E-state index in [-0.39, 0.29) is 5.91 Å². The molecule has 2 aliphatic rings. The molecule has 1 aromatic carbocycles. The summed E-state index contributed by atoms with van der Waals surface area (Å²) in [5, 5.41) is 3.07. The van der Waals surface area contributed by atoms with Gasteiger partial charge in [-0.3, -0.25) is 9.69 Å². The zero-order chi connectivity index (χ0) is 18.4. The van der Waals surface area contributed by atoms with Crippen LogP contribution in [0, 0.1) is 5.92 Å². The smallest absolute Gasteiger partial charge is 0.220 e. The molecule has 0 bridgehead atoms. The number of nitrogens with one attached hydrogen (secondary N) is 1. The number of carbonyl (C=O) groups excluding carboxylic acids is 1. The summed E-state index contributed by atoms with van der Waals surface area (Å²) in [5.41, 5.74) is 2.49. The maximum Gasteiger partial charge on any atom is 0.220 e. The summed E-state index contributed by atoms with van der Waals surface area (Å²) in [5.74, 6) is 0.975. The lowest BCUT2D eigenvalue weighted by Gasteiger charge is -2.35. The first kappa shape index (κ1) is 19.4. The predicted octanol–water partition coefficient (Wildman–Crippen LogP) is 3.88. The van der Waals surface area contributed by atoms with Crippen molar-refractivity contribution < 1.29 is 9.53 Å². The highest BCUT2D eigenvalue weighted by molar-refractivity contribution is 5.75. The molecule has 1 aliphatic carbocycles. The summed E-state index contributed by atoms with van der Waals surface area (Å²) in [6.07, 6.45) is 7.67. The molecule has 0 spiro atoms. The fourth-order valence-corrected chi connectivity index (χ4v) is 4.36. The molecule has 0 aromatic heterocycles. The summed E-state index contributed by atoms with van der Waals surface area (Å²) in [6.45, 7) is 7.86. The highest BCUT2D eigenvalue weighted by Gasteiger charge is 2.22. The van der Waals surface area contributed by atoms with Gasteiger partial charge in [0.15, 0.2) is 0 Å². The van der Waals surface area contributed by atoms with E-state index in [4.69, 9.17) is 4.74 Å². The molecule has 1 saturated carbocycles. The summed E-state index contributed by atoms with van der Waals surface area (Å²) < 4.78 is 5.80. The molecule has 3 rings (SSSR count). The van der Waals surface area contributed by atoms with Gasteiger partial charge in [0.25, 0.3) is 0 Å². The van der Waals surface area contributed by atoms with Gasteiger partial charge in [-0.1, -0.05) is 49.9 Å². The van der Waals surface area contributed by atoms with Crippen LogP contribution in [0.3, 0.4) is 0 Å². The Morgan fingerprint density at radius 3 is 2.35 bits per heavy atom. The first-order valence-corrected chi connectivity index (χ1v) is 10.3. The molecule has 1 saturated heterocycles. The Kier molecular flexibility index (Phi) is 7.09. The molecule has 2 fully saturated rings. The Balaban J connectivity index is 1.39. The van der Waals surface area contributed by atoms with Crippen LogP contribution in [-0.2, 0) is 22.6 Å². The number of ether oxygens (including phenoxy) is 1. The minimum absolute atomic E-state index is 0.192. The zero-order valence-corrected chi connectivity index (χ0v) is 16.4. The van der Waals surface area contributed by atoms with Crippen LogP contribution in [0.1, 0.15) is 63.5 Å². The second-order valence-corrected chi connectivity index (χ2v) is 8.23. The first-order chi connectivity index (χ1) is 12.6. The lowest BCUT2D eigenvalue weighted by atomic mass is 10.0. The van der Waals surface area contributed by atoms with Crippen molar-refractivity contribution in [1.82, 2.24) is 10.2 Å². The van der Waals surface area contributed by atoms with E-state index in [0.717, 1.165) is 32.0 Å². The summed E-state index contributed by atoms with van der Waals surface area (Å²) in [4.78, 5) is 14.5. The van der Waals surface area contributed by atoms with Crippen molar-refractivity contribution in [3.8, 4) is 0 Å². The number of nitrogens with zero attached hydrogens (tertiary/aromatic N) is 1. The number of benzene rings is 1. The van der Waals surface area contributed by atoms with Gasteiger partial charge < -0.3 is 10.1 Å². The first-order valence-electron chi connectivity index (χ1n) is 10.3. The Labute approximate surface area is 158 Å². The molecule has 4 heteroatoms. The third-order valence-corrected chi connectivity index (χ3v) is 5.67. The van der Waals surface area contributed by atoms with Crippen molar-refractivity contribution in [1.29, 1.82) is 0 Å². The van der Waals surface area contributed by atoms with E-state index in [1.807, 2.05) is 0 Å². The Bertz CT molecular complexity index is 556. The fourth-order valence-electron chi connectivity index (χ4n) is 4.36. The molecule has 1 N–H and O–H groups in total. The fraction of sp³-hybridized carbons (Fsp3) is 0.682. The number of amides is 1. The van der Waals surface area contributed by atoms with Gasteiger partial charge in [-0.2, -0.15) is 0 Å². The Morgan fingerprint density at radius 2 is 1.69 bits per heavy atom. The van der Waals surface area contributed by atoms with Gasteiger partial charge in [-0.05, 0) is 37.3 Å². The SMILES string of the molecule is CC1CN(Cc2ccc(CNC(=O)CCC3CCCC3)cc2)CC(C)O1. The molecule has 1 aromatic rings. The number of carbonyl (C=O) groups is 1. The van der Waals surface area contributed by atoms with Crippen molar-refractivity contribution in [2.45, 2.75) is 77.7 Å². The number of hydrogen-bond donors (Lipinski definition) is 1. The van der Waals surface area contributed by atoms with Crippen LogP contribution in [0.25, 0.3) is 0 Å². The van der Waals surface area contributed by atoms with Crippen LogP contribution in [-0.4, -0.2) is 36.1 Å². The maximum atomic E-state index is 12.0. The second-order valence-electron chi connectivity index (χ2n) is 8.23. The molecule has 144 valence electrons. The van der Waals surface area contributed by atoms with Crippen molar-refractivity contribution in [2.75, 3.05) is 13.1 Å². The van der Waals surface area contributed by atoms with E-state index >= 15 is 0 Å². The lowest BCUT2D eigenvalue weighted by molar-refractivity contribution is -0.121. The third kappa shape index (κ3) is 6.10. The van der Waals surface area contributed by atoms with Gasteiger partial charge in [0.1, 0.15) is 0 Å². The van der Waals surface area contributed by atoms with E-state index in [9.17, 15) is 4.79 Å². The molecule has 4 nitrogen and oxygen atoms in total. The highest BCUT2D eigenvalue weighted by atomic mass is 16.5. The van der Waals surface area contributed by atoms with E-state index in [0.29, 0.717) is 25.2 Å². The molecule has 26 heavy (non-hydrogen) atoms. The normalized spacial score (nSPS) is 24.7. The largest absolute Gasteiger partial charge is 0.373 e. The molecule has 2 atom stereocenters. The van der Waals surface area contributed by atoms with Crippen LogP contribution in [0.5, 0.6) is 0 Å². The number of rotatable bonds is 7. The highest BCUT2D eigenvalue weighted by Crippen LogP contribution is 2.28. The second kappa shape index (κ2) is 9.52. The molecule has 2 unspecified atom stereocenters. The van der Waals surface area contributed by atoms with E-state index < -0.39 is 0 Å². The Morgan fingerprint density at radius 1 is 1.08 bits per heavy atom. The predicted molar refractivity (Wildman–Crippen MR) is 105 cm³/mol. The molecule has 1 amide bonds. The van der Waals surface area contributed by atoms with Crippen LogP contribution in [0.15, 0.2) is 24.3 Å². The monoisotopic (exact) mass is 358 g/mol. The van der Waals surface area contributed by atoms with Crippen LogP contribution in [0.4, 0.5) is 0 Å². The summed E-state index contributed by atoms with van der Waals surface area (Å²) >= 11 is 0. The number of hydrogen-bond acceptors (Lipinski definition) is 3. The van der Waals surface area contributed by atoms with Gasteiger partial charge in [-0.15, -0.1) is 0 Å². The molecule has 0 radical (unpaired) electrons. The topological polar surface area (TPSA) is 41.6 Å². The summed E-state index contributed by atoms with van der Waals surface area (Å²) in [7, 11) is 0. The van der Waals surface area contributed by atoms with Crippen molar-refractivity contribution in [3.05, 3.63) is 35.4 Å². The lowest BCUT2D eigenvalue weighted by Crippen LogP contribution is -2.44. The average molecular weight is 359 g/mol. The van der Waals surface area contributed by atoms with Crippen LogP contribution in [0.2, 0.25) is 0 Å². The molecular formula is C22H34N2O2. The van der Waals surface area contributed by atoms with Gasteiger partial charge in [0.05, 0.1) is 12.2 Å². The maximum absolute atomic E-state index is 12.0. The molecular weight excluding hydrogens is 324 g/mol. The third-order valence-electron chi connectivity index (χ3n) is 5.67. The van der Waals surface area contributed by atoms with Crippen molar-refractivity contribution >= 4 is 5.91 Å². The van der Waals surface area contributed by atoms with Gasteiger partial charge >= 0.3 is 0 Å². The molecule has 1 heterocycles. The van der Waals surface area contributed by atoms with Gasteiger partial charge in [0.2, 0.25) is 5.91 Å². The van der Waals surface area contributed by atoms with Crippen molar-refractivity contribution in [3.63, 3.8) is 0 Å². The quantitative estimate of drug-likeness (QED) is 0.804. The van der Waals surface area contributed by atoms with Gasteiger partial charge in [0, 0.05) is 32.6 Å². The van der Waals surface area contributed by atoms with Crippen LogP contribution >= 0.6 is 0 Å². The average Bonchev–Trinajstić information content (AvgIpc) is 3.12. The van der Waals surface area contributed by atoms with Crippen LogP contribution < -0.4 is 5.32 Å². The van der Waals surface area contributed by atoms with Crippen molar-refractivity contribution in [2.24, 2.45) is 5.92 Å². The minimum Gasteiger partial charge on any atom is -0.373 e. The Hall–Kier alpha value is -1.39. The number of morpholine rings is 1. The van der Waals surface area contributed by atoms with E-state index in [1.54, 1.807) is 0 Å². The zero-order valence-electron chi connectivity index (χ0n) is 16.4. The molecule has 1 aliphatic heterocycles. The van der Waals surface area contributed by atoms with E-state index in [1.165, 1.54) is 36.8 Å². The van der Waals surface area contributed by atoms with Gasteiger partial charge in [-0.25, -0.2) is 0 Å².